The molecule has 10 atom stereocenters. The summed E-state index contributed by atoms with van der Waals surface area (Å²) < 4.78 is 21.6. The van der Waals surface area contributed by atoms with Gasteiger partial charge in [-0.3, -0.25) is 4.99 Å². The molecule has 0 amide bonds. The second kappa shape index (κ2) is 10.2. The average Bonchev–Trinajstić information content (AvgIpc) is 3.28. The molecule has 188 valence electrons. The number of rotatable bonds is 6. The van der Waals surface area contributed by atoms with E-state index in [-0.39, 0.29) is 5.57 Å². The SMILES string of the molecule is [O-]C(OC1OC(CO)C(O)C(O)C1OC1OC(CO)C(O)C(O)C1O)=C1C=Nc2ccccc21. The van der Waals surface area contributed by atoms with Crippen LogP contribution in [-0.4, -0.2) is 117 Å². The fraction of sp³-hybridized carbons (Fsp3) is 0.571. The van der Waals surface area contributed by atoms with Crippen LogP contribution < -0.4 is 5.11 Å². The van der Waals surface area contributed by atoms with Gasteiger partial charge in [0, 0.05) is 17.4 Å². The second-order valence-electron chi connectivity index (χ2n) is 8.10. The van der Waals surface area contributed by atoms with Gasteiger partial charge in [0.05, 0.1) is 24.8 Å². The van der Waals surface area contributed by atoms with Gasteiger partial charge in [-0.2, -0.15) is 0 Å². The molecule has 4 rings (SSSR count). The predicted molar refractivity (Wildman–Crippen MR) is 109 cm³/mol. The highest BCUT2D eigenvalue weighted by Gasteiger charge is 2.50. The lowest BCUT2D eigenvalue weighted by atomic mass is 9.97. The molecule has 10 unspecified atom stereocenters. The number of aliphatic hydroxyl groups is 7. The van der Waals surface area contributed by atoms with Gasteiger partial charge in [0.25, 0.3) is 0 Å². The highest BCUT2D eigenvalue weighted by Crippen LogP contribution is 2.34. The molecule has 1 aromatic rings. The number of aliphatic imine (C=N–C) groups is 1. The largest absolute Gasteiger partial charge is 0.583 e. The molecule has 0 aromatic heterocycles. The monoisotopic (exact) mass is 484 g/mol. The molecule has 0 spiro atoms. The molecule has 7 N–H and O–H groups in total. The molecule has 3 heterocycles. The molecule has 13 heteroatoms. The van der Waals surface area contributed by atoms with Crippen molar-refractivity contribution in [3.8, 4) is 0 Å². The van der Waals surface area contributed by atoms with Crippen molar-refractivity contribution in [2.24, 2.45) is 4.99 Å². The molecule has 0 radical (unpaired) electrons. The summed E-state index contributed by atoms with van der Waals surface area (Å²) in [5, 5.41) is 82.8. The summed E-state index contributed by atoms with van der Waals surface area (Å²) in [4.78, 5) is 4.12. The number of nitrogens with zero attached hydrogens (tertiary/aromatic N) is 1. The van der Waals surface area contributed by atoms with Crippen molar-refractivity contribution in [1.29, 1.82) is 0 Å². The Balaban J connectivity index is 1.59. The first-order valence-electron chi connectivity index (χ1n) is 10.6. The molecule has 1 aromatic carbocycles. The van der Waals surface area contributed by atoms with E-state index >= 15 is 0 Å². The van der Waals surface area contributed by atoms with Gasteiger partial charge in [-0.1, -0.05) is 18.2 Å². The van der Waals surface area contributed by atoms with Crippen molar-refractivity contribution in [2.75, 3.05) is 13.2 Å². The molecule has 3 aliphatic heterocycles. The van der Waals surface area contributed by atoms with Crippen LogP contribution in [-0.2, 0) is 18.9 Å². The number of para-hydroxylation sites is 1. The third-order valence-corrected chi connectivity index (χ3v) is 5.93. The Bertz CT molecular complexity index is 923. The summed E-state index contributed by atoms with van der Waals surface area (Å²) in [6.45, 7) is -1.45. The standard InChI is InChI=1S/C21H27NO12/c23-6-11-13(25)15(27)17(29)20(31-11)33-18-16(28)14(26)12(7-24)32-21(18)34-19(30)9-5-22-10-4-2-1-3-8(9)10/h1-5,11-18,20-21,23-30H,6-7H2/p-1. The van der Waals surface area contributed by atoms with Crippen molar-refractivity contribution in [2.45, 2.75) is 61.4 Å². The quantitative estimate of drug-likeness (QED) is 0.193. The topological polar surface area (TPSA) is 214 Å². The van der Waals surface area contributed by atoms with E-state index in [1.807, 2.05) is 0 Å². The first kappa shape index (κ1) is 24.9. The fourth-order valence-corrected chi connectivity index (χ4v) is 3.98. The summed E-state index contributed by atoms with van der Waals surface area (Å²) in [7, 11) is 0. The number of benzene rings is 1. The second-order valence-corrected chi connectivity index (χ2v) is 8.10. The Morgan fingerprint density at radius 1 is 0.853 bits per heavy atom. The molecule has 13 nitrogen and oxygen atoms in total. The van der Waals surface area contributed by atoms with Crippen LogP contribution in [0.25, 0.3) is 5.57 Å². The minimum absolute atomic E-state index is 0.0898. The van der Waals surface area contributed by atoms with Crippen LogP contribution in [0.1, 0.15) is 5.56 Å². The highest BCUT2D eigenvalue weighted by molar-refractivity contribution is 6.16. The zero-order valence-electron chi connectivity index (χ0n) is 17.7. The lowest BCUT2D eigenvalue weighted by Gasteiger charge is -2.48. The van der Waals surface area contributed by atoms with E-state index in [1.54, 1.807) is 24.3 Å². The number of hydrogen-bond acceptors (Lipinski definition) is 13. The Morgan fingerprint density at radius 2 is 1.47 bits per heavy atom. The molecular weight excluding hydrogens is 458 g/mol. The molecular formula is C21H26NO12-. The zero-order valence-corrected chi connectivity index (χ0v) is 17.7. The number of ether oxygens (including phenoxy) is 4. The van der Waals surface area contributed by atoms with E-state index < -0.39 is 80.6 Å². The van der Waals surface area contributed by atoms with E-state index in [1.165, 1.54) is 6.21 Å². The maximum absolute atomic E-state index is 12.9. The van der Waals surface area contributed by atoms with E-state index in [9.17, 15) is 40.9 Å². The van der Waals surface area contributed by atoms with Crippen LogP contribution in [0.2, 0.25) is 0 Å². The minimum Gasteiger partial charge on any atom is -0.583 e. The maximum Gasteiger partial charge on any atom is 0.187 e. The number of aliphatic hydroxyl groups excluding tert-OH is 7. The molecule has 0 aliphatic carbocycles. The van der Waals surface area contributed by atoms with E-state index in [0.717, 1.165) is 0 Å². The zero-order chi connectivity index (χ0) is 24.6. The van der Waals surface area contributed by atoms with E-state index in [4.69, 9.17) is 18.9 Å². The van der Waals surface area contributed by atoms with Crippen LogP contribution in [0.15, 0.2) is 35.2 Å². The summed E-state index contributed by atoms with van der Waals surface area (Å²) in [5.74, 6) is -0.901. The van der Waals surface area contributed by atoms with Crippen molar-refractivity contribution < 1.29 is 59.8 Å². The van der Waals surface area contributed by atoms with E-state index in [2.05, 4.69) is 4.99 Å². The smallest absolute Gasteiger partial charge is 0.187 e. The molecule has 34 heavy (non-hydrogen) atoms. The number of hydrogen-bond donors (Lipinski definition) is 7. The molecule has 2 fully saturated rings. The molecule has 3 aliphatic rings. The van der Waals surface area contributed by atoms with Crippen molar-refractivity contribution in [3.63, 3.8) is 0 Å². The van der Waals surface area contributed by atoms with Crippen LogP contribution in [0.5, 0.6) is 0 Å². The summed E-state index contributed by atoms with van der Waals surface area (Å²) in [5.41, 5.74) is 1.12. The van der Waals surface area contributed by atoms with Crippen LogP contribution in [0.4, 0.5) is 5.69 Å². The highest BCUT2D eigenvalue weighted by atomic mass is 16.8. The van der Waals surface area contributed by atoms with E-state index in [0.29, 0.717) is 11.3 Å². The Kier molecular flexibility index (Phi) is 7.49. The summed E-state index contributed by atoms with van der Waals surface area (Å²) >= 11 is 0. The van der Waals surface area contributed by atoms with Gasteiger partial charge in [-0.05, 0) is 6.07 Å². The van der Waals surface area contributed by atoms with Crippen molar-refractivity contribution in [3.05, 3.63) is 35.8 Å². The predicted octanol–water partition coefficient (Wildman–Crippen LogP) is -3.93. The Labute approximate surface area is 193 Å². The van der Waals surface area contributed by atoms with Gasteiger partial charge in [0.15, 0.2) is 6.29 Å². The third-order valence-electron chi connectivity index (χ3n) is 5.93. The molecule has 2 saturated heterocycles. The first-order valence-corrected chi connectivity index (χ1v) is 10.6. The molecule has 0 saturated carbocycles. The van der Waals surface area contributed by atoms with Gasteiger partial charge in [0.1, 0.15) is 55.1 Å². The Morgan fingerprint density at radius 3 is 2.15 bits per heavy atom. The summed E-state index contributed by atoms with van der Waals surface area (Å²) in [6.07, 6.45) is -15.1. The Hall–Kier alpha value is -2.17. The lowest BCUT2D eigenvalue weighted by Crippen LogP contribution is -2.64. The van der Waals surface area contributed by atoms with Gasteiger partial charge in [-0.25, -0.2) is 0 Å². The lowest BCUT2D eigenvalue weighted by molar-refractivity contribution is -0.410. The van der Waals surface area contributed by atoms with Crippen molar-refractivity contribution >= 4 is 17.5 Å². The van der Waals surface area contributed by atoms with Gasteiger partial charge in [0.2, 0.25) is 0 Å². The minimum atomic E-state index is -1.82. The number of allylic oxidation sites excluding steroid dienone is 1. The summed E-state index contributed by atoms with van der Waals surface area (Å²) in [6, 6.07) is 6.78. The third kappa shape index (κ3) is 4.55. The van der Waals surface area contributed by atoms with Crippen LogP contribution in [0.3, 0.4) is 0 Å². The molecule has 0 bridgehead atoms. The van der Waals surface area contributed by atoms with Gasteiger partial charge < -0.3 is 59.8 Å². The van der Waals surface area contributed by atoms with Gasteiger partial charge in [-0.15, -0.1) is 0 Å². The van der Waals surface area contributed by atoms with Crippen LogP contribution >= 0.6 is 0 Å². The maximum atomic E-state index is 12.9. The average molecular weight is 484 g/mol. The first-order chi connectivity index (χ1) is 16.3. The van der Waals surface area contributed by atoms with Crippen LogP contribution in [0, 0.1) is 0 Å². The normalized spacial score (nSPS) is 41.3. The fourth-order valence-electron chi connectivity index (χ4n) is 3.98. The van der Waals surface area contributed by atoms with Gasteiger partial charge >= 0.3 is 0 Å². The van der Waals surface area contributed by atoms with Crippen molar-refractivity contribution in [1.82, 2.24) is 0 Å². The number of fused-ring (bicyclic) bond motifs is 1.